The van der Waals surface area contributed by atoms with Crippen molar-refractivity contribution in [2.45, 2.75) is 12.8 Å². The lowest BCUT2D eigenvalue weighted by atomic mass is 10.3. The highest BCUT2D eigenvalue weighted by molar-refractivity contribution is 7.18. The molecule has 0 aliphatic heterocycles. The maximum atomic E-state index is 5.20. The van der Waals surface area contributed by atoms with Gasteiger partial charge in [0, 0.05) is 6.42 Å². The van der Waals surface area contributed by atoms with Crippen LogP contribution in [-0.4, -0.2) is 25.7 Å². The molecule has 1 aromatic heterocycles. The van der Waals surface area contributed by atoms with Crippen molar-refractivity contribution in [3.63, 3.8) is 0 Å². The highest BCUT2D eigenvalue weighted by atomic mass is 32.1. The zero-order chi connectivity index (χ0) is 11.4. The van der Waals surface area contributed by atoms with Gasteiger partial charge in [0.25, 0.3) is 0 Å². The van der Waals surface area contributed by atoms with E-state index in [0.29, 0.717) is 0 Å². The van der Waals surface area contributed by atoms with Crippen molar-refractivity contribution >= 4 is 21.6 Å². The number of aryl methyl sites for hydroxylation is 1. The molecule has 2 aromatic rings. The monoisotopic (exact) mass is 236 g/mol. The van der Waals surface area contributed by atoms with Crippen molar-refractivity contribution in [3.05, 3.63) is 23.2 Å². The summed E-state index contributed by atoms with van der Waals surface area (Å²) in [6, 6.07) is 6.03. The molecule has 0 fully saturated rings. The largest absolute Gasteiger partial charge is 0.497 e. The molecular weight excluding hydrogens is 220 g/mol. The second-order valence-electron chi connectivity index (χ2n) is 3.65. The molecule has 1 heterocycles. The van der Waals surface area contributed by atoms with Crippen LogP contribution in [0, 0.1) is 0 Å². The number of fused-ring (bicyclic) bond motifs is 1. The lowest BCUT2D eigenvalue weighted by Crippen LogP contribution is -2.08. The molecule has 16 heavy (non-hydrogen) atoms. The van der Waals surface area contributed by atoms with Crippen LogP contribution in [0.15, 0.2) is 18.2 Å². The van der Waals surface area contributed by atoms with Crippen LogP contribution in [0.5, 0.6) is 5.75 Å². The van der Waals surface area contributed by atoms with E-state index in [1.165, 1.54) is 9.71 Å². The first-order chi connectivity index (χ1) is 7.83. The molecule has 0 bridgehead atoms. The van der Waals surface area contributed by atoms with Crippen LogP contribution in [0.25, 0.3) is 10.2 Å². The number of hydrogen-bond acceptors (Lipinski definition) is 4. The molecule has 2 rings (SSSR count). The Morgan fingerprint density at radius 3 is 3.06 bits per heavy atom. The molecule has 0 saturated carbocycles. The van der Waals surface area contributed by atoms with Gasteiger partial charge in [0.1, 0.15) is 5.75 Å². The first kappa shape index (κ1) is 11.4. The van der Waals surface area contributed by atoms with E-state index < -0.39 is 0 Å². The molecule has 4 heteroatoms. The predicted octanol–water partition coefficient (Wildman–Crippen LogP) is 2.46. The predicted molar refractivity (Wildman–Crippen MR) is 68.4 cm³/mol. The molecule has 1 N–H and O–H groups in total. The van der Waals surface area contributed by atoms with Crippen LogP contribution in [0.3, 0.4) is 0 Å². The summed E-state index contributed by atoms with van der Waals surface area (Å²) in [6.45, 7) is 1.04. The zero-order valence-electron chi connectivity index (χ0n) is 9.62. The summed E-state index contributed by atoms with van der Waals surface area (Å²) in [5.74, 6) is 0.901. The fraction of sp³-hybridized carbons (Fsp3) is 0.417. The van der Waals surface area contributed by atoms with E-state index in [-0.39, 0.29) is 0 Å². The normalized spacial score (nSPS) is 10.9. The van der Waals surface area contributed by atoms with E-state index in [4.69, 9.17) is 4.74 Å². The fourth-order valence-corrected chi connectivity index (χ4v) is 2.64. The Morgan fingerprint density at radius 2 is 2.31 bits per heavy atom. The van der Waals surface area contributed by atoms with E-state index >= 15 is 0 Å². The molecule has 3 nitrogen and oxygen atoms in total. The molecule has 0 atom stereocenters. The van der Waals surface area contributed by atoms with Gasteiger partial charge in [-0.15, -0.1) is 11.3 Å². The fourth-order valence-electron chi connectivity index (χ4n) is 1.60. The highest BCUT2D eigenvalue weighted by Gasteiger charge is 2.04. The molecule has 0 aliphatic rings. The number of aromatic nitrogens is 1. The Balaban J connectivity index is 2.16. The summed E-state index contributed by atoms with van der Waals surface area (Å²) in [7, 11) is 3.67. The molecule has 0 spiro atoms. The van der Waals surface area contributed by atoms with Crippen LogP contribution in [0.4, 0.5) is 0 Å². The van der Waals surface area contributed by atoms with Crippen LogP contribution in [0.1, 0.15) is 11.4 Å². The molecule has 0 amide bonds. The average Bonchev–Trinajstić information content (AvgIpc) is 2.70. The van der Waals surface area contributed by atoms with Crippen molar-refractivity contribution in [3.8, 4) is 5.75 Å². The van der Waals surface area contributed by atoms with Crippen LogP contribution >= 0.6 is 11.3 Å². The Labute approximate surface area is 99.5 Å². The maximum absolute atomic E-state index is 5.20. The summed E-state index contributed by atoms with van der Waals surface area (Å²) in [5.41, 5.74) is 1.07. The van der Waals surface area contributed by atoms with Crippen molar-refractivity contribution in [2.75, 3.05) is 20.7 Å². The van der Waals surface area contributed by atoms with Gasteiger partial charge in [-0.05, 0) is 38.2 Å². The number of rotatable bonds is 5. The summed E-state index contributed by atoms with van der Waals surface area (Å²) < 4.78 is 6.41. The number of hydrogen-bond donors (Lipinski definition) is 1. The van der Waals surface area contributed by atoms with Gasteiger partial charge < -0.3 is 10.1 Å². The van der Waals surface area contributed by atoms with Crippen molar-refractivity contribution in [1.82, 2.24) is 10.3 Å². The minimum Gasteiger partial charge on any atom is -0.497 e. The molecule has 0 saturated heterocycles. The standard InChI is InChI=1S/C12H16N2OS/c1-13-7-3-4-12-14-10-6-5-9(15-2)8-11(10)16-12/h5-6,8,13H,3-4,7H2,1-2H3. The van der Waals surface area contributed by atoms with Gasteiger partial charge >= 0.3 is 0 Å². The molecular formula is C12H16N2OS. The van der Waals surface area contributed by atoms with Gasteiger partial charge in [-0.25, -0.2) is 4.98 Å². The lowest BCUT2D eigenvalue weighted by molar-refractivity contribution is 0.415. The second kappa shape index (κ2) is 5.27. The first-order valence-corrected chi connectivity index (χ1v) is 6.23. The van der Waals surface area contributed by atoms with E-state index in [9.17, 15) is 0 Å². The van der Waals surface area contributed by atoms with Gasteiger partial charge in [-0.2, -0.15) is 0 Å². The SMILES string of the molecule is CNCCCc1nc2ccc(OC)cc2s1. The van der Waals surface area contributed by atoms with Gasteiger partial charge in [0.05, 0.1) is 22.3 Å². The van der Waals surface area contributed by atoms with Crippen LogP contribution < -0.4 is 10.1 Å². The van der Waals surface area contributed by atoms with E-state index in [1.54, 1.807) is 18.4 Å². The number of benzene rings is 1. The molecule has 86 valence electrons. The van der Waals surface area contributed by atoms with Crippen molar-refractivity contribution in [1.29, 1.82) is 0 Å². The van der Waals surface area contributed by atoms with Gasteiger partial charge in [-0.3, -0.25) is 0 Å². The molecule has 0 unspecified atom stereocenters. The Hall–Kier alpha value is -1.13. The average molecular weight is 236 g/mol. The summed E-state index contributed by atoms with van der Waals surface area (Å²) in [4.78, 5) is 4.60. The number of methoxy groups -OCH3 is 1. The minimum absolute atomic E-state index is 0.901. The molecule has 1 aromatic carbocycles. The smallest absolute Gasteiger partial charge is 0.120 e. The third kappa shape index (κ3) is 2.51. The zero-order valence-corrected chi connectivity index (χ0v) is 10.4. The van der Waals surface area contributed by atoms with Crippen molar-refractivity contribution < 1.29 is 4.74 Å². The Bertz CT molecular complexity index is 467. The van der Waals surface area contributed by atoms with Gasteiger partial charge in [-0.1, -0.05) is 0 Å². The number of nitrogens with one attached hydrogen (secondary N) is 1. The Morgan fingerprint density at radius 1 is 1.44 bits per heavy atom. The number of nitrogens with zero attached hydrogens (tertiary/aromatic N) is 1. The lowest BCUT2D eigenvalue weighted by Gasteiger charge is -1.96. The third-order valence-corrected chi connectivity index (χ3v) is 3.54. The summed E-state index contributed by atoms with van der Waals surface area (Å²) in [5, 5.41) is 4.35. The maximum Gasteiger partial charge on any atom is 0.120 e. The number of ether oxygens (including phenoxy) is 1. The summed E-state index contributed by atoms with van der Waals surface area (Å²) in [6.07, 6.45) is 2.18. The first-order valence-electron chi connectivity index (χ1n) is 5.41. The summed E-state index contributed by atoms with van der Waals surface area (Å²) >= 11 is 1.76. The number of thiazole rings is 1. The van der Waals surface area contributed by atoms with Gasteiger partial charge in [0.15, 0.2) is 0 Å². The quantitative estimate of drug-likeness (QED) is 0.810. The third-order valence-electron chi connectivity index (χ3n) is 2.46. The van der Waals surface area contributed by atoms with E-state index in [2.05, 4.69) is 16.4 Å². The van der Waals surface area contributed by atoms with Crippen LogP contribution in [-0.2, 0) is 6.42 Å². The topological polar surface area (TPSA) is 34.2 Å². The minimum atomic E-state index is 0.901. The van der Waals surface area contributed by atoms with E-state index in [0.717, 1.165) is 30.7 Å². The molecule has 0 aliphatic carbocycles. The van der Waals surface area contributed by atoms with Gasteiger partial charge in [0.2, 0.25) is 0 Å². The van der Waals surface area contributed by atoms with E-state index in [1.807, 2.05) is 19.2 Å². The second-order valence-corrected chi connectivity index (χ2v) is 4.76. The Kier molecular flexibility index (Phi) is 3.74. The highest BCUT2D eigenvalue weighted by Crippen LogP contribution is 2.26. The van der Waals surface area contributed by atoms with Crippen molar-refractivity contribution in [2.24, 2.45) is 0 Å². The van der Waals surface area contributed by atoms with Crippen LogP contribution in [0.2, 0.25) is 0 Å². The molecule has 0 radical (unpaired) electrons.